The molecule has 0 aromatic heterocycles. The largest absolute Gasteiger partial charge is 0.586 e. The summed E-state index contributed by atoms with van der Waals surface area (Å²) in [7, 11) is 0. The van der Waals surface area contributed by atoms with Crippen molar-refractivity contribution in [1.29, 1.82) is 0 Å². The van der Waals surface area contributed by atoms with E-state index in [1.807, 2.05) is 0 Å². The van der Waals surface area contributed by atoms with Gasteiger partial charge in [-0.05, 0) is 36.6 Å². The zero-order valence-electron chi connectivity index (χ0n) is 19.6. The van der Waals surface area contributed by atoms with Crippen LogP contribution in [0.4, 0.5) is 13.2 Å². The number of halogens is 3. The zero-order valence-corrected chi connectivity index (χ0v) is 19.6. The maximum atomic E-state index is 14.1. The van der Waals surface area contributed by atoms with Crippen molar-refractivity contribution in [3.8, 4) is 17.2 Å². The van der Waals surface area contributed by atoms with Crippen molar-refractivity contribution in [3.05, 3.63) is 53.3 Å². The number of carbonyl (C=O) groups is 2. The molecule has 4 aliphatic rings. The predicted molar refractivity (Wildman–Crippen MR) is 120 cm³/mol. The lowest BCUT2D eigenvalue weighted by molar-refractivity contribution is -0.286. The second-order valence-corrected chi connectivity index (χ2v) is 10.1. The Bertz CT molecular complexity index is 1250. The van der Waals surface area contributed by atoms with Gasteiger partial charge in [-0.1, -0.05) is 12.1 Å². The van der Waals surface area contributed by atoms with Gasteiger partial charge in [0.2, 0.25) is 11.8 Å². The number of ether oxygens (including phenoxy) is 3. The Morgan fingerprint density at radius 3 is 2.36 bits per heavy atom. The quantitative estimate of drug-likeness (QED) is 0.681. The van der Waals surface area contributed by atoms with E-state index in [9.17, 15) is 22.8 Å². The third-order valence-corrected chi connectivity index (χ3v) is 7.82. The average Bonchev–Trinajstić information content (AvgIpc) is 3.56. The van der Waals surface area contributed by atoms with Crippen molar-refractivity contribution in [2.45, 2.75) is 62.4 Å². The number of carbonyl (C=O) groups excluding carboxylic acids is 2. The van der Waals surface area contributed by atoms with Crippen molar-refractivity contribution < 1.29 is 37.0 Å². The summed E-state index contributed by atoms with van der Waals surface area (Å²) in [6.45, 7) is 2.57. The van der Waals surface area contributed by atoms with Crippen molar-refractivity contribution in [3.63, 3.8) is 0 Å². The van der Waals surface area contributed by atoms with E-state index in [0.717, 1.165) is 0 Å². The second-order valence-electron chi connectivity index (χ2n) is 10.1. The number of hydrogen-bond donors (Lipinski definition) is 1. The van der Waals surface area contributed by atoms with Gasteiger partial charge in [-0.25, -0.2) is 4.39 Å². The molecule has 1 spiro atoms. The Morgan fingerprint density at radius 1 is 0.944 bits per heavy atom. The molecule has 190 valence electrons. The predicted octanol–water partition coefficient (Wildman–Crippen LogP) is 4.20. The van der Waals surface area contributed by atoms with Gasteiger partial charge in [0, 0.05) is 50.9 Å². The minimum absolute atomic E-state index is 0.00544. The lowest BCUT2D eigenvalue weighted by Gasteiger charge is -2.47. The van der Waals surface area contributed by atoms with Crippen molar-refractivity contribution >= 4 is 11.8 Å². The molecule has 1 atom stereocenters. The van der Waals surface area contributed by atoms with Gasteiger partial charge in [0.05, 0.1) is 11.5 Å². The van der Waals surface area contributed by atoms with Gasteiger partial charge in [0.1, 0.15) is 17.2 Å². The number of alkyl halides is 2. The van der Waals surface area contributed by atoms with E-state index in [1.54, 1.807) is 17.0 Å². The average molecular weight is 502 g/mol. The first kappa shape index (κ1) is 23.0. The number of hydrogen-bond acceptors (Lipinski definition) is 5. The van der Waals surface area contributed by atoms with Crippen molar-refractivity contribution in [2.24, 2.45) is 0 Å². The molecule has 2 amide bonds. The molecule has 6 rings (SSSR count). The van der Waals surface area contributed by atoms with Gasteiger partial charge in [0.25, 0.3) is 0 Å². The van der Waals surface area contributed by atoms with Crippen LogP contribution >= 0.6 is 0 Å². The Kier molecular flexibility index (Phi) is 4.97. The smallest absolute Gasteiger partial charge is 0.487 e. The lowest BCUT2D eigenvalue weighted by Crippen LogP contribution is -2.53. The highest BCUT2D eigenvalue weighted by atomic mass is 19.3. The molecule has 1 saturated carbocycles. The molecule has 2 aromatic carbocycles. The fraction of sp³-hybridized carbons (Fsp3) is 0.462. The molecule has 0 unspecified atom stereocenters. The Morgan fingerprint density at radius 2 is 1.67 bits per heavy atom. The van der Waals surface area contributed by atoms with E-state index >= 15 is 0 Å². The number of fused-ring (bicyclic) bond motifs is 2. The Labute approximate surface area is 205 Å². The molecule has 3 aliphatic heterocycles. The van der Waals surface area contributed by atoms with Gasteiger partial charge < -0.3 is 24.4 Å². The highest BCUT2D eigenvalue weighted by Crippen LogP contribution is 2.53. The molecule has 0 radical (unpaired) electrons. The summed E-state index contributed by atoms with van der Waals surface area (Å²) in [6.07, 6.45) is -0.993. The topological polar surface area (TPSA) is 77.1 Å². The molecule has 2 aromatic rings. The number of likely N-dealkylation sites (tertiary alicyclic amines) is 1. The van der Waals surface area contributed by atoms with Gasteiger partial charge in [-0.15, -0.1) is 8.78 Å². The summed E-state index contributed by atoms with van der Waals surface area (Å²) in [6, 6.07) is 8.30. The highest BCUT2D eigenvalue weighted by Gasteiger charge is 2.54. The molecule has 2 fully saturated rings. The van der Waals surface area contributed by atoms with E-state index in [1.165, 1.54) is 31.2 Å². The number of amides is 2. The molecular weight excluding hydrogens is 477 g/mol. The maximum absolute atomic E-state index is 14.1. The first-order valence-electron chi connectivity index (χ1n) is 12.0. The summed E-state index contributed by atoms with van der Waals surface area (Å²) in [5.74, 6) is -0.453. The van der Waals surface area contributed by atoms with Crippen molar-refractivity contribution in [2.75, 3.05) is 13.1 Å². The van der Waals surface area contributed by atoms with E-state index in [0.29, 0.717) is 62.1 Å². The van der Waals surface area contributed by atoms with E-state index in [4.69, 9.17) is 4.74 Å². The summed E-state index contributed by atoms with van der Waals surface area (Å²) in [5.41, 5.74) is -0.229. The van der Waals surface area contributed by atoms with Gasteiger partial charge in [-0.2, -0.15) is 0 Å². The summed E-state index contributed by atoms with van der Waals surface area (Å²) >= 11 is 0. The first-order chi connectivity index (χ1) is 17.1. The van der Waals surface area contributed by atoms with E-state index < -0.39 is 29.2 Å². The van der Waals surface area contributed by atoms with Crippen LogP contribution in [0.1, 0.15) is 56.2 Å². The zero-order chi connectivity index (χ0) is 25.3. The van der Waals surface area contributed by atoms with Gasteiger partial charge >= 0.3 is 6.29 Å². The van der Waals surface area contributed by atoms with E-state index in [2.05, 4.69) is 14.8 Å². The molecule has 7 nitrogen and oxygen atoms in total. The fourth-order valence-corrected chi connectivity index (χ4v) is 5.62. The van der Waals surface area contributed by atoms with Crippen molar-refractivity contribution in [1.82, 2.24) is 10.2 Å². The van der Waals surface area contributed by atoms with Gasteiger partial charge in [-0.3, -0.25) is 9.59 Å². The van der Waals surface area contributed by atoms with Crippen LogP contribution in [0.2, 0.25) is 0 Å². The molecule has 1 aliphatic carbocycles. The molecule has 10 heteroatoms. The molecule has 0 bridgehead atoms. The van der Waals surface area contributed by atoms with Crippen LogP contribution in [-0.2, 0) is 15.0 Å². The third kappa shape index (κ3) is 3.83. The summed E-state index contributed by atoms with van der Waals surface area (Å²) in [5, 5.41) is 3.14. The highest BCUT2D eigenvalue weighted by molar-refractivity contribution is 5.92. The number of benzene rings is 2. The molecule has 3 heterocycles. The second kappa shape index (κ2) is 7.78. The Balaban J connectivity index is 1.26. The van der Waals surface area contributed by atoms with Crippen LogP contribution in [0.25, 0.3) is 0 Å². The van der Waals surface area contributed by atoms with Crippen LogP contribution in [0, 0.1) is 5.82 Å². The lowest BCUT2D eigenvalue weighted by atomic mass is 9.80. The number of rotatable bonds is 3. The standard InChI is InChI=1S/C26H25F3N2O5/c1-15(32)31-10-8-24(9-11-31)14-19(18-4-3-17(27)13-21(18)34-24)30-23(33)25(6-7-25)16-2-5-20-22(12-16)36-26(28,29)35-20/h2-5,12-13,19H,6-11,14H2,1H3,(H,30,33)/t19-/m1/s1. The number of piperidine rings is 1. The molecule has 1 saturated heterocycles. The minimum Gasteiger partial charge on any atom is -0.487 e. The van der Waals surface area contributed by atoms with Crippen LogP contribution < -0.4 is 19.5 Å². The van der Waals surface area contributed by atoms with Crippen LogP contribution in [0.5, 0.6) is 17.2 Å². The van der Waals surface area contributed by atoms with Gasteiger partial charge in [0.15, 0.2) is 11.5 Å². The number of nitrogens with zero attached hydrogens (tertiary/aromatic N) is 1. The SMILES string of the molecule is CC(=O)N1CCC2(CC1)C[C@@H](NC(=O)C1(c3ccc4c(c3)OC(F)(F)O4)CC1)c1ccc(F)cc1O2. The van der Waals surface area contributed by atoms with Crippen LogP contribution in [-0.4, -0.2) is 41.7 Å². The third-order valence-electron chi connectivity index (χ3n) is 7.82. The fourth-order valence-electron chi connectivity index (χ4n) is 5.62. The normalized spacial score (nSPS) is 24.0. The van der Waals surface area contributed by atoms with E-state index in [-0.39, 0.29) is 23.3 Å². The maximum Gasteiger partial charge on any atom is 0.586 e. The first-order valence-corrected chi connectivity index (χ1v) is 12.0. The minimum atomic E-state index is -3.73. The Hall–Kier alpha value is -3.43. The summed E-state index contributed by atoms with van der Waals surface area (Å²) in [4.78, 5) is 27.2. The molecular formula is C26H25F3N2O5. The molecule has 1 N–H and O–H groups in total. The monoisotopic (exact) mass is 502 g/mol. The van der Waals surface area contributed by atoms with Crippen LogP contribution in [0.15, 0.2) is 36.4 Å². The molecule has 36 heavy (non-hydrogen) atoms. The number of nitrogens with one attached hydrogen (secondary N) is 1. The van der Waals surface area contributed by atoms with Crippen LogP contribution in [0.3, 0.4) is 0 Å². The summed E-state index contributed by atoms with van der Waals surface area (Å²) < 4.78 is 56.4.